The standard InChI is InChI=1S/C18H22FN3O3S/c19-16-5-1-15(2-6-16)13-21-11-10-18(23)22-12-9-14-3-7-17(8-4-14)26(20,24)25/h1-8,21H,9-13H2,(H,22,23)(H2,20,24,25). The number of nitrogens with one attached hydrogen (secondary N) is 2. The van der Waals surface area contributed by atoms with Crippen LogP contribution in [-0.4, -0.2) is 27.4 Å². The van der Waals surface area contributed by atoms with Crippen molar-refractivity contribution in [3.63, 3.8) is 0 Å². The highest BCUT2D eigenvalue weighted by molar-refractivity contribution is 7.89. The number of benzene rings is 2. The average Bonchev–Trinajstić information content (AvgIpc) is 2.60. The fourth-order valence-electron chi connectivity index (χ4n) is 2.32. The quantitative estimate of drug-likeness (QED) is 0.572. The topological polar surface area (TPSA) is 101 Å². The van der Waals surface area contributed by atoms with Gasteiger partial charge in [-0.3, -0.25) is 4.79 Å². The minimum atomic E-state index is -3.68. The molecule has 0 aliphatic rings. The van der Waals surface area contributed by atoms with E-state index in [4.69, 9.17) is 5.14 Å². The van der Waals surface area contributed by atoms with Crippen LogP contribution in [0.3, 0.4) is 0 Å². The van der Waals surface area contributed by atoms with Crippen molar-refractivity contribution in [2.75, 3.05) is 13.1 Å². The van der Waals surface area contributed by atoms with Crippen molar-refractivity contribution in [3.05, 3.63) is 65.5 Å². The first-order chi connectivity index (χ1) is 12.3. The molecule has 0 aliphatic heterocycles. The summed E-state index contributed by atoms with van der Waals surface area (Å²) in [6, 6.07) is 12.5. The molecule has 0 heterocycles. The van der Waals surface area contributed by atoms with Crippen molar-refractivity contribution in [2.45, 2.75) is 24.3 Å². The molecule has 0 bridgehead atoms. The molecule has 2 aromatic carbocycles. The Morgan fingerprint density at radius 3 is 2.19 bits per heavy atom. The maximum atomic E-state index is 12.8. The van der Waals surface area contributed by atoms with Gasteiger partial charge in [-0.1, -0.05) is 24.3 Å². The van der Waals surface area contributed by atoms with Crippen molar-refractivity contribution in [1.29, 1.82) is 0 Å². The first kappa shape index (κ1) is 20.0. The lowest BCUT2D eigenvalue weighted by Gasteiger charge is -2.07. The van der Waals surface area contributed by atoms with Gasteiger partial charge in [-0.05, 0) is 41.8 Å². The number of carbonyl (C=O) groups is 1. The number of sulfonamides is 1. The van der Waals surface area contributed by atoms with E-state index in [0.29, 0.717) is 32.5 Å². The molecular formula is C18H22FN3O3S. The first-order valence-electron chi connectivity index (χ1n) is 8.18. The van der Waals surface area contributed by atoms with Crippen LogP contribution in [0.15, 0.2) is 53.4 Å². The summed E-state index contributed by atoms with van der Waals surface area (Å²) in [7, 11) is -3.68. The van der Waals surface area contributed by atoms with Crippen molar-refractivity contribution in [3.8, 4) is 0 Å². The lowest BCUT2D eigenvalue weighted by Crippen LogP contribution is -2.29. The lowest BCUT2D eigenvalue weighted by molar-refractivity contribution is -0.120. The molecule has 4 N–H and O–H groups in total. The Balaban J connectivity index is 1.62. The molecule has 26 heavy (non-hydrogen) atoms. The number of halogens is 1. The summed E-state index contributed by atoms with van der Waals surface area (Å²) in [6.45, 7) is 1.56. The first-order valence-corrected chi connectivity index (χ1v) is 9.73. The van der Waals surface area contributed by atoms with E-state index < -0.39 is 10.0 Å². The highest BCUT2D eigenvalue weighted by Gasteiger charge is 2.07. The number of hydrogen-bond donors (Lipinski definition) is 3. The van der Waals surface area contributed by atoms with Crippen molar-refractivity contribution in [1.82, 2.24) is 10.6 Å². The molecule has 0 saturated carbocycles. The van der Waals surface area contributed by atoms with Gasteiger partial charge in [0.1, 0.15) is 5.82 Å². The zero-order valence-corrected chi connectivity index (χ0v) is 15.1. The number of hydrogen-bond acceptors (Lipinski definition) is 4. The molecule has 6 nitrogen and oxygen atoms in total. The molecule has 0 aromatic heterocycles. The van der Waals surface area contributed by atoms with E-state index >= 15 is 0 Å². The molecular weight excluding hydrogens is 357 g/mol. The van der Waals surface area contributed by atoms with Crippen LogP contribution in [-0.2, 0) is 27.8 Å². The number of amides is 1. The van der Waals surface area contributed by atoms with Crippen LogP contribution >= 0.6 is 0 Å². The van der Waals surface area contributed by atoms with Gasteiger partial charge in [0.05, 0.1) is 4.90 Å². The van der Waals surface area contributed by atoms with Crippen molar-refractivity contribution in [2.24, 2.45) is 5.14 Å². The van der Waals surface area contributed by atoms with E-state index in [9.17, 15) is 17.6 Å². The van der Waals surface area contributed by atoms with E-state index in [1.54, 1.807) is 24.3 Å². The molecule has 0 aliphatic carbocycles. The van der Waals surface area contributed by atoms with E-state index in [-0.39, 0.29) is 16.6 Å². The second-order valence-electron chi connectivity index (χ2n) is 5.84. The average molecular weight is 379 g/mol. The normalized spacial score (nSPS) is 11.3. The molecule has 1 amide bonds. The van der Waals surface area contributed by atoms with E-state index in [0.717, 1.165) is 11.1 Å². The molecule has 140 valence electrons. The van der Waals surface area contributed by atoms with E-state index in [2.05, 4.69) is 10.6 Å². The van der Waals surface area contributed by atoms with E-state index in [1.165, 1.54) is 24.3 Å². The molecule has 0 radical (unpaired) electrons. The zero-order valence-electron chi connectivity index (χ0n) is 14.2. The number of nitrogens with two attached hydrogens (primary N) is 1. The number of carbonyl (C=O) groups excluding carboxylic acids is 1. The van der Waals surface area contributed by atoms with Gasteiger partial charge in [-0.25, -0.2) is 17.9 Å². The van der Waals surface area contributed by atoms with Gasteiger partial charge in [0.15, 0.2) is 0 Å². The van der Waals surface area contributed by atoms with Gasteiger partial charge in [-0.2, -0.15) is 0 Å². The van der Waals surface area contributed by atoms with Crippen LogP contribution in [0.4, 0.5) is 4.39 Å². The highest BCUT2D eigenvalue weighted by atomic mass is 32.2. The molecule has 0 fully saturated rings. The maximum Gasteiger partial charge on any atom is 0.238 e. The number of rotatable bonds is 9. The van der Waals surface area contributed by atoms with Gasteiger partial charge >= 0.3 is 0 Å². The second kappa shape index (κ2) is 9.42. The predicted molar refractivity (Wildman–Crippen MR) is 97.3 cm³/mol. The Labute approximate surface area is 152 Å². The van der Waals surface area contributed by atoms with Crippen LogP contribution in [0.1, 0.15) is 17.5 Å². The summed E-state index contributed by atoms with van der Waals surface area (Å²) in [4.78, 5) is 11.8. The minimum Gasteiger partial charge on any atom is -0.356 e. The van der Waals surface area contributed by atoms with Gasteiger partial charge in [-0.15, -0.1) is 0 Å². The van der Waals surface area contributed by atoms with Gasteiger partial charge in [0.25, 0.3) is 0 Å². The third-order valence-electron chi connectivity index (χ3n) is 3.76. The smallest absolute Gasteiger partial charge is 0.238 e. The Hall–Kier alpha value is -2.29. The third-order valence-corrected chi connectivity index (χ3v) is 4.69. The predicted octanol–water partition coefficient (Wildman–Crippen LogP) is 1.31. The molecule has 2 rings (SSSR count). The molecule has 0 spiro atoms. The third kappa shape index (κ3) is 6.91. The van der Waals surface area contributed by atoms with Crippen molar-refractivity contribution >= 4 is 15.9 Å². The minimum absolute atomic E-state index is 0.0671. The van der Waals surface area contributed by atoms with Crippen LogP contribution < -0.4 is 15.8 Å². The SMILES string of the molecule is NS(=O)(=O)c1ccc(CCNC(=O)CCNCc2ccc(F)cc2)cc1. The molecule has 8 heteroatoms. The molecule has 0 atom stereocenters. The Morgan fingerprint density at radius 1 is 0.962 bits per heavy atom. The zero-order chi connectivity index (χ0) is 19.0. The highest BCUT2D eigenvalue weighted by Crippen LogP contribution is 2.09. The summed E-state index contributed by atoms with van der Waals surface area (Å²) < 4.78 is 35.1. The van der Waals surface area contributed by atoms with Crippen LogP contribution in [0.25, 0.3) is 0 Å². The van der Waals surface area contributed by atoms with Gasteiger partial charge < -0.3 is 10.6 Å². The molecule has 2 aromatic rings. The van der Waals surface area contributed by atoms with E-state index in [1.807, 2.05) is 0 Å². The summed E-state index contributed by atoms with van der Waals surface area (Å²) in [5.41, 5.74) is 1.86. The Kier molecular flexibility index (Phi) is 7.26. The largest absolute Gasteiger partial charge is 0.356 e. The Morgan fingerprint density at radius 2 is 1.58 bits per heavy atom. The monoisotopic (exact) mass is 379 g/mol. The summed E-state index contributed by atoms with van der Waals surface area (Å²) >= 11 is 0. The fourth-order valence-corrected chi connectivity index (χ4v) is 2.83. The van der Waals surface area contributed by atoms with Crippen LogP contribution in [0, 0.1) is 5.82 Å². The number of primary sulfonamides is 1. The molecule has 0 unspecified atom stereocenters. The lowest BCUT2D eigenvalue weighted by atomic mass is 10.1. The summed E-state index contributed by atoms with van der Waals surface area (Å²) in [6.07, 6.45) is 0.936. The summed E-state index contributed by atoms with van der Waals surface area (Å²) in [5, 5.41) is 11.0. The molecule has 0 saturated heterocycles. The van der Waals surface area contributed by atoms with Gasteiger partial charge in [0, 0.05) is 26.1 Å². The summed E-state index contributed by atoms with van der Waals surface area (Å²) in [5.74, 6) is -0.342. The van der Waals surface area contributed by atoms with Crippen molar-refractivity contribution < 1.29 is 17.6 Å². The fraction of sp³-hybridized carbons (Fsp3) is 0.278. The van der Waals surface area contributed by atoms with Crippen LogP contribution in [0.5, 0.6) is 0 Å². The Bertz CT molecular complexity index is 822. The van der Waals surface area contributed by atoms with Crippen LogP contribution in [0.2, 0.25) is 0 Å². The van der Waals surface area contributed by atoms with Gasteiger partial charge in [0.2, 0.25) is 15.9 Å². The second-order valence-corrected chi connectivity index (χ2v) is 7.40. The maximum absolute atomic E-state index is 12.8.